The van der Waals surface area contributed by atoms with Crippen molar-refractivity contribution in [3.05, 3.63) is 29.3 Å². The van der Waals surface area contributed by atoms with Crippen molar-refractivity contribution in [2.45, 2.75) is 32.4 Å². The van der Waals surface area contributed by atoms with Crippen LogP contribution < -0.4 is 10.2 Å². The minimum absolute atomic E-state index is 0.824. The van der Waals surface area contributed by atoms with Crippen molar-refractivity contribution in [1.82, 2.24) is 5.32 Å². The molecule has 2 aliphatic rings. The first-order chi connectivity index (χ1) is 7.36. The van der Waals surface area contributed by atoms with Gasteiger partial charge in [0.05, 0.1) is 0 Å². The zero-order chi connectivity index (χ0) is 10.3. The Morgan fingerprint density at radius 3 is 3.00 bits per heavy atom. The highest BCUT2D eigenvalue weighted by molar-refractivity contribution is 5.61. The number of benzene rings is 1. The fourth-order valence-electron chi connectivity index (χ4n) is 2.56. The van der Waals surface area contributed by atoms with Crippen LogP contribution in [0.1, 0.15) is 24.0 Å². The Bertz CT molecular complexity index is 369. The van der Waals surface area contributed by atoms with Gasteiger partial charge in [-0.05, 0) is 30.9 Å². The monoisotopic (exact) mass is 202 g/mol. The van der Waals surface area contributed by atoms with Gasteiger partial charge in [-0.3, -0.25) is 0 Å². The minimum Gasteiger partial charge on any atom is -0.367 e. The van der Waals surface area contributed by atoms with Gasteiger partial charge >= 0.3 is 0 Å². The van der Waals surface area contributed by atoms with Crippen LogP contribution in [0.4, 0.5) is 5.69 Å². The summed E-state index contributed by atoms with van der Waals surface area (Å²) in [5, 5.41) is 3.50. The van der Waals surface area contributed by atoms with Crippen LogP contribution in [0.5, 0.6) is 0 Å². The molecule has 0 spiro atoms. The molecule has 80 valence electrons. The number of hydrogen-bond donors (Lipinski definition) is 1. The average molecular weight is 202 g/mol. The Morgan fingerprint density at radius 2 is 2.20 bits per heavy atom. The predicted octanol–water partition coefficient (Wildman–Crippen LogP) is 2.07. The smallest absolute Gasteiger partial charge is 0.0444 e. The van der Waals surface area contributed by atoms with E-state index in [-0.39, 0.29) is 0 Å². The van der Waals surface area contributed by atoms with E-state index in [0.717, 1.165) is 19.1 Å². The Labute approximate surface area is 91.3 Å². The summed E-state index contributed by atoms with van der Waals surface area (Å²) in [7, 11) is 0. The van der Waals surface area contributed by atoms with Gasteiger partial charge in [0.2, 0.25) is 0 Å². The van der Waals surface area contributed by atoms with Gasteiger partial charge in [-0.15, -0.1) is 0 Å². The number of hydrogen-bond acceptors (Lipinski definition) is 2. The summed E-state index contributed by atoms with van der Waals surface area (Å²) >= 11 is 0. The number of anilines is 1. The molecule has 3 rings (SSSR count). The van der Waals surface area contributed by atoms with Crippen LogP contribution in [-0.4, -0.2) is 19.1 Å². The molecule has 0 atom stereocenters. The molecule has 1 fully saturated rings. The van der Waals surface area contributed by atoms with Gasteiger partial charge in [0.1, 0.15) is 0 Å². The highest BCUT2D eigenvalue weighted by Crippen LogP contribution is 2.36. The zero-order valence-electron chi connectivity index (χ0n) is 9.29. The van der Waals surface area contributed by atoms with Gasteiger partial charge < -0.3 is 10.2 Å². The van der Waals surface area contributed by atoms with Gasteiger partial charge in [-0.1, -0.05) is 18.2 Å². The van der Waals surface area contributed by atoms with Gasteiger partial charge in [-0.25, -0.2) is 0 Å². The van der Waals surface area contributed by atoms with Gasteiger partial charge in [0.15, 0.2) is 0 Å². The van der Waals surface area contributed by atoms with Gasteiger partial charge in [0, 0.05) is 31.4 Å². The Morgan fingerprint density at radius 1 is 1.33 bits per heavy atom. The largest absolute Gasteiger partial charge is 0.367 e. The molecule has 0 bridgehead atoms. The minimum atomic E-state index is 0.824. The first kappa shape index (κ1) is 9.22. The highest BCUT2D eigenvalue weighted by atomic mass is 15.2. The van der Waals surface area contributed by atoms with Gasteiger partial charge in [-0.2, -0.15) is 0 Å². The third kappa shape index (κ3) is 1.63. The molecular formula is C13H18N2. The molecule has 1 aromatic rings. The quantitative estimate of drug-likeness (QED) is 0.750. The molecular weight excluding hydrogens is 184 g/mol. The Balaban J connectivity index is 2.05. The maximum Gasteiger partial charge on any atom is 0.0444 e. The molecule has 0 aromatic heterocycles. The lowest BCUT2D eigenvalue weighted by Crippen LogP contribution is -2.31. The third-order valence-electron chi connectivity index (χ3n) is 3.44. The second-order valence-corrected chi connectivity index (χ2v) is 4.68. The molecule has 0 radical (unpaired) electrons. The van der Waals surface area contributed by atoms with E-state index in [4.69, 9.17) is 0 Å². The number of aryl methyl sites for hydroxylation is 1. The molecule has 2 nitrogen and oxygen atoms in total. The van der Waals surface area contributed by atoms with E-state index < -0.39 is 0 Å². The van der Waals surface area contributed by atoms with Crippen LogP contribution in [0, 0.1) is 6.92 Å². The summed E-state index contributed by atoms with van der Waals surface area (Å²) in [5.41, 5.74) is 4.41. The molecule has 1 aromatic carbocycles. The topological polar surface area (TPSA) is 15.3 Å². The molecule has 15 heavy (non-hydrogen) atoms. The zero-order valence-corrected chi connectivity index (χ0v) is 9.29. The van der Waals surface area contributed by atoms with Crippen molar-refractivity contribution in [3.63, 3.8) is 0 Å². The number of fused-ring (bicyclic) bond motifs is 1. The Kier molecular flexibility index (Phi) is 2.17. The molecule has 1 N–H and O–H groups in total. The van der Waals surface area contributed by atoms with Crippen molar-refractivity contribution in [3.8, 4) is 0 Å². The molecule has 1 saturated carbocycles. The summed E-state index contributed by atoms with van der Waals surface area (Å²) in [4.78, 5) is 2.62. The predicted molar refractivity (Wildman–Crippen MR) is 63.3 cm³/mol. The summed E-state index contributed by atoms with van der Waals surface area (Å²) in [5.74, 6) is 0. The highest BCUT2D eigenvalue weighted by Gasteiger charge is 2.31. The van der Waals surface area contributed by atoms with Crippen molar-refractivity contribution >= 4 is 5.69 Å². The number of rotatable bonds is 1. The van der Waals surface area contributed by atoms with E-state index >= 15 is 0 Å². The third-order valence-corrected chi connectivity index (χ3v) is 3.44. The fraction of sp³-hybridized carbons (Fsp3) is 0.538. The van der Waals surface area contributed by atoms with Crippen LogP contribution in [0.3, 0.4) is 0 Å². The molecule has 0 unspecified atom stereocenters. The lowest BCUT2D eigenvalue weighted by molar-refractivity contribution is 0.687. The van der Waals surface area contributed by atoms with E-state index in [1.807, 2.05) is 0 Å². The fourth-order valence-corrected chi connectivity index (χ4v) is 2.56. The van der Waals surface area contributed by atoms with E-state index in [1.165, 1.54) is 36.2 Å². The molecule has 1 heterocycles. The molecule has 1 aliphatic carbocycles. The number of para-hydroxylation sites is 1. The van der Waals surface area contributed by atoms with Crippen LogP contribution in [-0.2, 0) is 6.54 Å². The summed E-state index contributed by atoms with van der Waals surface area (Å²) < 4.78 is 0. The van der Waals surface area contributed by atoms with Crippen LogP contribution in [0.25, 0.3) is 0 Å². The number of nitrogens with zero attached hydrogens (tertiary/aromatic N) is 1. The SMILES string of the molecule is Cc1cccc2c1N(C1CC1)CCNC2. The van der Waals surface area contributed by atoms with Crippen molar-refractivity contribution in [1.29, 1.82) is 0 Å². The summed E-state index contributed by atoms with van der Waals surface area (Å²) in [6.45, 7) is 5.55. The lowest BCUT2D eigenvalue weighted by atomic mass is 10.1. The molecule has 0 amide bonds. The standard InChI is InChI=1S/C13H18N2/c1-10-3-2-4-11-9-14-7-8-15(13(10)11)12-5-6-12/h2-4,12,14H,5-9H2,1H3. The van der Waals surface area contributed by atoms with Crippen molar-refractivity contribution in [2.24, 2.45) is 0 Å². The van der Waals surface area contributed by atoms with Crippen LogP contribution in [0.2, 0.25) is 0 Å². The first-order valence-electron chi connectivity index (χ1n) is 5.92. The normalized spacial score (nSPS) is 21.0. The van der Waals surface area contributed by atoms with E-state index in [2.05, 4.69) is 35.3 Å². The van der Waals surface area contributed by atoms with Gasteiger partial charge in [0.25, 0.3) is 0 Å². The molecule has 2 heteroatoms. The lowest BCUT2D eigenvalue weighted by Gasteiger charge is -2.26. The maximum absolute atomic E-state index is 3.50. The maximum atomic E-state index is 3.50. The van der Waals surface area contributed by atoms with E-state index in [1.54, 1.807) is 0 Å². The second-order valence-electron chi connectivity index (χ2n) is 4.68. The summed E-state index contributed by atoms with van der Waals surface area (Å²) in [6.07, 6.45) is 2.77. The summed E-state index contributed by atoms with van der Waals surface area (Å²) in [6, 6.07) is 7.49. The first-order valence-corrected chi connectivity index (χ1v) is 5.92. The second kappa shape index (κ2) is 3.53. The van der Waals surface area contributed by atoms with Crippen LogP contribution in [0.15, 0.2) is 18.2 Å². The average Bonchev–Trinajstić information content (AvgIpc) is 3.03. The van der Waals surface area contributed by atoms with Crippen LogP contribution >= 0.6 is 0 Å². The van der Waals surface area contributed by atoms with Crippen molar-refractivity contribution in [2.75, 3.05) is 18.0 Å². The Hall–Kier alpha value is -1.02. The molecule has 1 aliphatic heterocycles. The van der Waals surface area contributed by atoms with E-state index in [9.17, 15) is 0 Å². The van der Waals surface area contributed by atoms with Crippen molar-refractivity contribution < 1.29 is 0 Å². The molecule has 0 saturated heterocycles. The number of nitrogens with one attached hydrogen (secondary N) is 1. The van der Waals surface area contributed by atoms with E-state index in [0.29, 0.717) is 0 Å².